The van der Waals surface area contributed by atoms with Crippen molar-refractivity contribution in [3.63, 3.8) is 0 Å². The summed E-state index contributed by atoms with van der Waals surface area (Å²) >= 11 is 0. The first-order valence-corrected chi connectivity index (χ1v) is 15.5. The van der Waals surface area contributed by atoms with Gasteiger partial charge in [0.1, 0.15) is 17.8 Å². The SMILES string of the molecule is O=C(c1ccccc1CN1C(=O)C2(COc3cc4c(cc32)OCO4)c2ccccc21)N1CCN(Cc2ccc3c(c2)OCO3)CC1. The van der Waals surface area contributed by atoms with E-state index in [9.17, 15) is 9.59 Å². The first-order chi connectivity index (χ1) is 22.6. The molecule has 0 aliphatic carbocycles. The Labute approximate surface area is 265 Å². The second-order valence-electron chi connectivity index (χ2n) is 12.2. The fraction of sp³-hybridized carbons (Fsp3) is 0.278. The number of para-hydroxylation sites is 1. The average Bonchev–Trinajstić information content (AvgIpc) is 3.88. The predicted molar refractivity (Wildman–Crippen MR) is 167 cm³/mol. The first kappa shape index (κ1) is 27.1. The normalized spacial score (nSPS) is 20.7. The van der Waals surface area contributed by atoms with Gasteiger partial charge in [-0.25, -0.2) is 0 Å². The van der Waals surface area contributed by atoms with Crippen LogP contribution in [0.4, 0.5) is 5.69 Å². The third kappa shape index (κ3) is 4.13. The maximum absolute atomic E-state index is 14.5. The van der Waals surface area contributed by atoms with Crippen molar-refractivity contribution >= 4 is 17.5 Å². The molecule has 5 heterocycles. The number of hydrogen-bond acceptors (Lipinski definition) is 8. The van der Waals surface area contributed by atoms with Gasteiger partial charge in [0, 0.05) is 55.6 Å². The minimum Gasteiger partial charge on any atom is -0.491 e. The van der Waals surface area contributed by atoms with E-state index in [-0.39, 0.29) is 38.6 Å². The lowest BCUT2D eigenvalue weighted by molar-refractivity contribution is -0.122. The molecule has 1 spiro atoms. The van der Waals surface area contributed by atoms with Gasteiger partial charge < -0.3 is 33.5 Å². The van der Waals surface area contributed by atoms with Gasteiger partial charge in [0.2, 0.25) is 19.5 Å². The smallest absolute Gasteiger partial charge is 0.254 e. The summed E-state index contributed by atoms with van der Waals surface area (Å²) in [5.41, 5.74) is 4.06. The van der Waals surface area contributed by atoms with Crippen molar-refractivity contribution in [2.24, 2.45) is 0 Å². The van der Waals surface area contributed by atoms with Crippen molar-refractivity contribution < 1.29 is 33.3 Å². The average molecular weight is 618 g/mol. The third-order valence-corrected chi connectivity index (χ3v) is 9.72. The number of piperazine rings is 1. The Morgan fingerprint density at radius 1 is 0.674 bits per heavy atom. The summed E-state index contributed by atoms with van der Waals surface area (Å²) in [6.07, 6.45) is 0. The van der Waals surface area contributed by atoms with E-state index >= 15 is 0 Å². The lowest BCUT2D eigenvalue weighted by atomic mass is 9.77. The van der Waals surface area contributed by atoms with E-state index in [4.69, 9.17) is 23.7 Å². The van der Waals surface area contributed by atoms with Crippen LogP contribution >= 0.6 is 0 Å². The van der Waals surface area contributed by atoms with E-state index in [2.05, 4.69) is 11.0 Å². The molecular formula is C36H31N3O7. The van der Waals surface area contributed by atoms with Crippen LogP contribution in [0.15, 0.2) is 78.9 Å². The number of ether oxygens (including phenoxy) is 5. The molecule has 0 N–H and O–H groups in total. The molecule has 1 atom stereocenters. The van der Waals surface area contributed by atoms with Gasteiger partial charge in [-0.05, 0) is 47.0 Å². The molecular weight excluding hydrogens is 586 g/mol. The molecule has 1 unspecified atom stereocenters. The minimum atomic E-state index is -1.000. The number of benzene rings is 4. The molecule has 0 bridgehead atoms. The van der Waals surface area contributed by atoms with Crippen LogP contribution in [0.2, 0.25) is 0 Å². The summed E-state index contributed by atoms with van der Waals surface area (Å²) in [6, 6.07) is 25.2. The highest BCUT2D eigenvalue weighted by Gasteiger charge is 2.57. The van der Waals surface area contributed by atoms with Crippen molar-refractivity contribution in [3.05, 3.63) is 107 Å². The summed E-state index contributed by atoms with van der Waals surface area (Å²) in [4.78, 5) is 34.6. The van der Waals surface area contributed by atoms with E-state index in [1.165, 1.54) is 0 Å². The van der Waals surface area contributed by atoms with E-state index in [1.54, 1.807) is 4.90 Å². The molecule has 5 aliphatic heterocycles. The maximum Gasteiger partial charge on any atom is 0.254 e. The number of anilines is 1. The molecule has 4 aromatic carbocycles. The van der Waals surface area contributed by atoms with Crippen molar-refractivity contribution in [1.29, 1.82) is 0 Å². The van der Waals surface area contributed by atoms with Crippen molar-refractivity contribution in [2.45, 2.75) is 18.5 Å². The fourth-order valence-electron chi connectivity index (χ4n) is 7.34. The second-order valence-corrected chi connectivity index (χ2v) is 12.2. The van der Waals surface area contributed by atoms with Gasteiger partial charge in [0.15, 0.2) is 23.0 Å². The molecule has 10 heteroatoms. The van der Waals surface area contributed by atoms with Gasteiger partial charge in [0.05, 0.1) is 6.54 Å². The van der Waals surface area contributed by atoms with E-state index in [0.717, 1.165) is 59.1 Å². The minimum absolute atomic E-state index is 0.0183. The molecule has 2 amide bonds. The zero-order valence-electron chi connectivity index (χ0n) is 25.1. The number of fused-ring (bicyclic) bond motifs is 6. The Hall–Kier alpha value is -5.22. The van der Waals surface area contributed by atoms with Gasteiger partial charge in [-0.2, -0.15) is 0 Å². The molecule has 232 valence electrons. The van der Waals surface area contributed by atoms with Crippen LogP contribution in [-0.2, 0) is 23.3 Å². The Balaban J connectivity index is 0.948. The topological polar surface area (TPSA) is 90.0 Å². The number of carbonyl (C=O) groups excluding carboxylic acids is 2. The van der Waals surface area contributed by atoms with Crippen LogP contribution in [0.5, 0.6) is 28.7 Å². The highest BCUT2D eigenvalue weighted by atomic mass is 16.7. The van der Waals surface area contributed by atoms with Crippen LogP contribution < -0.4 is 28.6 Å². The quantitative estimate of drug-likeness (QED) is 0.327. The molecule has 1 saturated heterocycles. The molecule has 1 fully saturated rings. The Morgan fingerprint density at radius 3 is 2.24 bits per heavy atom. The monoisotopic (exact) mass is 617 g/mol. The third-order valence-electron chi connectivity index (χ3n) is 9.72. The number of amides is 2. The molecule has 46 heavy (non-hydrogen) atoms. The molecule has 4 aromatic rings. The summed E-state index contributed by atoms with van der Waals surface area (Å²) < 4.78 is 28.3. The zero-order valence-corrected chi connectivity index (χ0v) is 25.1. The fourth-order valence-corrected chi connectivity index (χ4v) is 7.34. The highest BCUT2D eigenvalue weighted by Crippen LogP contribution is 2.55. The van der Waals surface area contributed by atoms with Crippen molar-refractivity contribution in [3.8, 4) is 28.7 Å². The van der Waals surface area contributed by atoms with Gasteiger partial charge in [0.25, 0.3) is 5.91 Å². The lowest BCUT2D eigenvalue weighted by Crippen LogP contribution is -2.48. The molecule has 0 saturated carbocycles. The Kier molecular flexibility index (Phi) is 6.14. The van der Waals surface area contributed by atoms with Crippen LogP contribution in [0.1, 0.15) is 32.6 Å². The molecule has 9 rings (SSSR count). The number of nitrogens with zero attached hydrogens (tertiary/aromatic N) is 3. The van der Waals surface area contributed by atoms with E-state index in [0.29, 0.717) is 35.9 Å². The van der Waals surface area contributed by atoms with Gasteiger partial charge in [-0.3, -0.25) is 14.5 Å². The summed E-state index contributed by atoms with van der Waals surface area (Å²) in [7, 11) is 0. The molecule has 5 aliphatic rings. The standard InChI is InChI=1S/C36H31N3O7/c40-34(38-13-11-37(12-14-38)18-23-9-10-29-31(15-23)44-21-43-29)25-6-2-1-5-24(25)19-39-28-8-4-3-7-26(28)36(35(39)41)20-42-30-17-33-32(16-27(30)36)45-22-46-33/h1-10,15-17H,11-14,18-22H2. The van der Waals surface area contributed by atoms with Gasteiger partial charge >= 0.3 is 0 Å². The first-order valence-electron chi connectivity index (χ1n) is 15.5. The van der Waals surface area contributed by atoms with Gasteiger partial charge in [-0.15, -0.1) is 0 Å². The highest BCUT2D eigenvalue weighted by molar-refractivity contribution is 6.11. The van der Waals surface area contributed by atoms with Crippen LogP contribution in [0, 0.1) is 0 Å². The Morgan fingerprint density at radius 2 is 1.39 bits per heavy atom. The van der Waals surface area contributed by atoms with Crippen molar-refractivity contribution in [2.75, 3.05) is 51.3 Å². The number of carbonyl (C=O) groups is 2. The predicted octanol–water partition coefficient (Wildman–Crippen LogP) is 4.33. The molecule has 0 aromatic heterocycles. The zero-order chi connectivity index (χ0) is 30.8. The summed E-state index contributed by atoms with van der Waals surface area (Å²) in [6.45, 7) is 4.41. The summed E-state index contributed by atoms with van der Waals surface area (Å²) in [5, 5.41) is 0. The largest absolute Gasteiger partial charge is 0.491 e. The lowest BCUT2D eigenvalue weighted by Gasteiger charge is -2.35. The molecule has 0 radical (unpaired) electrons. The van der Waals surface area contributed by atoms with Crippen molar-refractivity contribution in [1.82, 2.24) is 9.80 Å². The summed E-state index contributed by atoms with van der Waals surface area (Å²) in [5.74, 6) is 3.32. The second kappa shape index (κ2) is 10.4. The maximum atomic E-state index is 14.5. The van der Waals surface area contributed by atoms with Crippen LogP contribution in [-0.4, -0.2) is 68.0 Å². The van der Waals surface area contributed by atoms with Gasteiger partial charge in [-0.1, -0.05) is 42.5 Å². The Bertz CT molecular complexity index is 1900. The van der Waals surface area contributed by atoms with E-state index in [1.807, 2.05) is 77.7 Å². The number of hydrogen-bond donors (Lipinski definition) is 0. The molecule has 10 nitrogen and oxygen atoms in total. The van der Waals surface area contributed by atoms with E-state index < -0.39 is 5.41 Å². The van der Waals surface area contributed by atoms with Crippen LogP contribution in [0.3, 0.4) is 0 Å². The number of rotatable bonds is 5. The van der Waals surface area contributed by atoms with Crippen LogP contribution in [0.25, 0.3) is 0 Å².